The number of carbonyl (C=O) groups is 1. The van der Waals surface area contributed by atoms with Crippen molar-refractivity contribution in [1.82, 2.24) is 9.88 Å². The third kappa shape index (κ3) is 3.21. The minimum Gasteiger partial charge on any atom is -0.478 e. The molecule has 1 aromatic carbocycles. The Balaban J connectivity index is 1.52. The SMILES string of the molecule is C[C@@H]1CN2C(=N[C@H](c3ccccn3)[C@@H]2c2ccc(-c3cccc(C(=O)O)c3)o2)S1. The monoisotopic (exact) mass is 405 g/mol. The zero-order valence-corrected chi connectivity index (χ0v) is 16.5. The van der Waals surface area contributed by atoms with Crippen LogP contribution in [0.1, 0.15) is 40.8 Å². The van der Waals surface area contributed by atoms with Crippen LogP contribution in [0.4, 0.5) is 0 Å². The van der Waals surface area contributed by atoms with Crippen molar-refractivity contribution in [1.29, 1.82) is 0 Å². The molecule has 0 bridgehead atoms. The van der Waals surface area contributed by atoms with E-state index in [0.29, 0.717) is 11.0 Å². The summed E-state index contributed by atoms with van der Waals surface area (Å²) in [5.41, 5.74) is 1.90. The van der Waals surface area contributed by atoms with Crippen molar-refractivity contribution in [2.75, 3.05) is 6.54 Å². The normalized spacial score (nSPS) is 23.1. The summed E-state index contributed by atoms with van der Waals surface area (Å²) in [4.78, 5) is 23.1. The molecule has 0 amide bonds. The molecule has 0 saturated carbocycles. The van der Waals surface area contributed by atoms with Crippen LogP contribution in [0.15, 0.2) is 70.2 Å². The van der Waals surface area contributed by atoms with E-state index in [1.807, 2.05) is 36.4 Å². The van der Waals surface area contributed by atoms with Gasteiger partial charge in [0, 0.05) is 23.6 Å². The van der Waals surface area contributed by atoms with Crippen LogP contribution in [-0.4, -0.2) is 37.9 Å². The summed E-state index contributed by atoms with van der Waals surface area (Å²) in [7, 11) is 0. The van der Waals surface area contributed by atoms with E-state index < -0.39 is 5.97 Å². The summed E-state index contributed by atoms with van der Waals surface area (Å²) in [5.74, 6) is 0.506. The van der Waals surface area contributed by atoms with Crippen molar-refractivity contribution in [2.24, 2.45) is 4.99 Å². The minimum absolute atomic E-state index is 0.0613. The fourth-order valence-electron chi connectivity index (χ4n) is 3.90. The van der Waals surface area contributed by atoms with Gasteiger partial charge >= 0.3 is 5.97 Å². The lowest BCUT2D eigenvalue weighted by molar-refractivity contribution is 0.0697. The van der Waals surface area contributed by atoms with E-state index >= 15 is 0 Å². The number of fused-ring (bicyclic) bond motifs is 1. The second-order valence-corrected chi connectivity index (χ2v) is 8.63. The molecule has 0 aliphatic carbocycles. The van der Waals surface area contributed by atoms with Crippen LogP contribution in [-0.2, 0) is 0 Å². The second kappa shape index (κ2) is 7.08. The highest BCUT2D eigenvalue weighted by Gasteiger charge is 2.45. The zero-order chi connectivity index (χ0) is 20.0. The van der Waals surface area contributed by atoms with Gasteiger partial charge in [-0.3, -0.25) is 4.98 Å². The van der Waals surface area contributed by atoms with Crippen LogP contribution < -0.4 is 0 Å². The van der Waals surface area contributed by atoms with Gasteiger partial charge in [0.15, 0.2) is 5.17 Å². The van der Waals surface area contributed by atoms with E-state index in [4.69, 9.17) is 9.41 Å². The molecule has 4 heterocycles. The molecule has 2 aliphatic heterocycles. The van der Waals surface area contributed by atoms with Crippen molar-refractivity contribution >= 4 is 22.9 Å². The van der Waals surface area contributed by atoms with E-state index in [1.54, 1.807) is 36.2 Å². The number of pyridine rings is 1. The molecule has 29 heavy (non-hydrogen) atoms. The highest BCUT2D eigenvalue weighted by atomic mass is 32.2. The molecule has 6 nitrogen and oxygen atoms in total. The minimum atomic E-state index is -0.953. The third-order valence-electron chi connectivity index (χ3n) is 5.19. The molecule has 146 valence electrons. The molecule has 7 heteroatoms. The van der Waals surface area contributed by atoms with Crippen molar-refractivity contribution in [2.45, 2.75) is 24.3 Å². The first-order chi connectivity index (χ1) is 14.1. The molecule has 1 fully saturated rings. The second-order valence-electron chi connectivity index (χ2n) is 7.22. The van der Waals surface area contributed by atoms with Crippen molar-refractivity contribution < 1.29 is 14.3 Å². The number of rotatable bonds is 4. The molecular weight excluding hydrogens is 386 g/mol. The molecule has 1 saturated heterocycles. The van der Waals surface area contributed by atoms with Crippen LogP contribution in [0, 0.1) is 0 Å². The third-order valence-corrected chi connectivity index (χ3v) is 6.30. The average molecular weight is 405 g/mol. The van der Waals surface area contributed by atoms with Crippen LogP contribution in [0.25, 0.3) is 11.3 Å². The molecule has 3 atom stereocenters. The summed E-state index contributed by atoms with van der Waals surface area (Å²) in [6, 6.07) is 16.3. The van der Waals surface area contributed by atoms with E-state index in [-0.39, 0.29) is 17.6 Å². The molecule has 0 spiro atoms. The zero-order valence-electron chi connectivity index (χ0n) is 15.7. The van der Waals surface area contributed by atoms with Gasteiger partial charge in [-0.2, -0.15) is 0 Å². The van der Waals surface area contributed by atoms with Gasteiger partial charge in [-0.25, -0.2) is 9.79 Å². The Bertz CT molecular complexity index is 1100. The number of furan rings is 1. The van der Waals surface area contributed by atoms with E-state index in [0.717, 1.165) is 28.7 Å². The van der Waals surface area contributed by atoms with E-state index in [2.05, 4.69) is 16.8 Å². The summed E-state index contributed by atoms with van der Waals surface area (Å²) in [6.07, 6.45) is 1.79. The van der Waals surface area contributed by atoms with Crippen molar-refractivity contribution in [3.05, 3.63) is 77.8 Å². The predicted octanol–water partition coefficient (Wildman–Crippen LogP) is 4.63. The molecule has 2 aromatic heterocycles. The average Bonchev–Trinajstić information content (AvgIpc) is 3.42. The maximum absolute atomic E-state index is 11.3. The number of nitrogens with zero attached hydrogens (tertiary/aromatic N) is 3. The summed E-state index contributed by atoms with van der Waals surface area (Å²) < 4.78 is 6.24. The summed E-state index contributed by atoms with van der Waals surface area (Å²) in [6.45, 7) is 3.10. The number of benzene rings is 1. The van der Waals surface area contributed by atoms with Crippen LogP contribution in [0.2, 0.25) is 0 Å². The largest absolute Gasteiger partial charge is 0.478 e. The lowest BCUT2D eigenvalue weighted by atomic mass is 10.0. The van der Waals surface area contributed by atoms with Gasteiger partial charge in [0.1, 0.15) is 23.6 Å². The topological polar surface area (TPSA) is 78.9 Å². The number of aliphatic imine (C=N–C) groups is 1. The molecule has 0 unspecified atom stereocenters. The van der Waals surface area contributed by atoms with Gasteiger partial charge in [-0.1, -0.05) is 36.9 Å². The lowest BCUT2D eigenvalue weighted by Crippen LogP contribution is -2.28. The van der Waals surface area contributed by atoms with Crippen LogP contribution in [0.3, 0.4) is 0 Å². The number of aromatic carboxylic acids is 1. The fourth-order valence-corrected chi connectivity index (χ4v) is 4.99. The first kappa shape index (κ1) is 18.0. The first-order valence-electron chi connectivity index (χ1n) is 9.45. The molecule has 2 aliphatic rings. The molecule has 5 rings (SSSR count). The Morgan fingerprint density at radius 3 is 2.90 bits per heavy atom. The Kier molecular flexibility index (Phi) is 4.39. The standard InChI is InChI=1S/C22H19N3O3S/c1-13-12-25-20(19(24-22(25)29-13)16-7-2-3-10-23-16)18-9-8-17(28-18)14-5-4-6-15(11-14)21(26)27/h2-11,13,19-20H,12H2,1H3,(H,26,27)/t13-,19-,20+/m1/s1. The predicted molar refractivity (Wildman–Crippen MR) is 112 cm³/mol. The van der Waals surface area contributed by atoms with Crippen molar-refractivity contribution in [3.8, 4) is 11.3 Å². The quantitative estimate of drug-likeness (QED) is 0.682. The van der Waals surface area contributed by atoms with Gasteiger partial charge in [0.05, 0.1) is 11.3 Å². The van der Waals surface area contributed by atoms with E-state index in [1.165, 1.54) is 0 Å². The first-order valence-corrected chi connectivity index (χ1v) is 10.3. The summed E-state index contributed by atoms with van der Waals surface area (Å²) >= 11 is 1.78. The number of carboxylic acid groups (broad SMARTS) is 1. The van der Waals surface area contributed by atoms with E-state index in [9.17, 15) is 9.90 Å². The van der Waals surface area contributed by atoms with Gasteiger partial charge in [-0.05, 0) is 36.4 Å². The number of hydrogen-bond donors (Lipinski definition) is 1. The van der Waals surface area contributed by atoms with Gasteiger partial charge in [-0.15, -0.1) is 0 Å². The summed E-state index contributed by atoms with van der Waals surface area (Å²) in [5, 5.41) is 10.8. The lowest BCUT2D eigenvalue weighted by Gasteiger charge is -2.25. The number of hydrogen-bond acceptors (Lipinski definition) is 6. The van der Waals surface area contributed by atoms with Crippen molar-refractivity contribution in [3.63, 3.8) is 0 Å². The molecule has 3 aromatic rings. The van der Waals surface area contributed by atoms with Gasteiger partial charge < -0.3 is 14.4 Å². The Labute approximate surface area is 172 Å². The molecule has 1 N–H and O–H groups in total. The fraction of sp³-hybridized carbons (Fsp3) is 0.227. The Morgan fingerprint density at radius 2 is 2.10 bits per heavy atom. The van der Waals surface area contributed by atoms with Gasteiger partial charge in [0.25, 0.3) is 0 Å². The number of aromatic nitrogens is 1. The maximum atomic E-state index is 11.3. The maximum Gasteiger partial charge on any atom is 0.335 e. The Hall–Kier alpha value is -3.06. The number of amidine groups is 1. The molecular formula is C22H19N3O3S. The molecule has 0 radical (unpaired) electrons. The smallest absolute Gasteiger partial charge is 0.335 e. The number of carboxylic acids is 1. The highest BCUT2D eigenvalue weighted by Crippen LogP contribution is 2.48. The highest BCUT2D eigenvalue weighted by molar-refractivity contribution is 8.14. The van der Waals surface area contributed by atoms with Gasteiger partial charge in [0.2, 0.25) is 0 Å². The van der Waals surface area contributed by atoms with Crippen LogP contribution >= 0.6 is 11.8 Å². The number of thioether (sulfide) groups is 1. The Morgan fingerprint density at radius 1 is 1.21 bits per heavy atom. The van der Waals surface area contributed by atoms with Crippen LogP contribution in [0.5, 0.6) is 0 Å².